The van der Waals surface area contributed by atoms with Crippen LogP contribution in [-0.2, 0) is 17.4 Å². The second-order valence-electron chi connectivity index (χ2n) is 5.79. The first-order valence-corrected chi connectivity index (χ1v) is 6.13. The monoisotopic (exact) mass is 252 g/mol. The smallest absolute Gasteiger partial charge is 0.0687 e. The summed E-state index contributed by atoms with van der Waals surface area (Å²) in [6.45, 7) is 2.57. The Balaban J connectivity index is 2.81. The molecule has 1 aromatic carbocycles. The fourth-order valence-corrected chi connectivity index (χ4v) is 3.25. The fourth-order valence-electron chi connectivity index (χ4n) is 3.25. The molecule has 3 N–H and O–H groups in total. The van der Waals surface area contributed by atoms with E-state index < -0.39 is 24.0 Å². The minimum Gasteiger partial charge on any atom is -0.395 e. The molecule has 0 aromatic heterocycles. The maximum Gasteiger partial charge on any atom is 0.0687 e. The number of rotatable bonds is 3. The molecule has 0 bridgehead atoms. The van der Waals surface area contributed by atoms with Crippen LogP contribution in [0.25, 0.3) is 0 Å². The highest BCUT2D eigenvalue weighted by atomic mass is 16.3. The molecule has 0 radical (unpaired) electrons. The van der Waals surface area contributed by atoms with Crippen molar-refractivity contribution < 1.29 is 18.1 Å². The second kappa shape index (κ2) is 4.34. The highest BCUT2D eigenvalue weighted by Gasteiger charge is 2.48. The first kappa shape index (κ1) is 11.0. The van der Waals surface area contributed by atoms with Gasteiger partial charge < -0.3 is 15.3 Å². The van der Waals surface area contributed by atoms with Gasteiger partial charge in [0.25, 0.3) is 0 Å². The Labute approximate surface area is 111 Å². The molecule has 0 spiro atoms. The molecule has 1 aromatic rings. The van der Waals surface area contributed by atoms with Crippen LogP contribution in [-0.4, -0.2) is 28.5 Å². The maximum absolute atomic E-state index is 9.93. The molecule has 18 heavy (non-hydrogen) atoms. The molecule has 0 heterocycles. The number of hydrogen-bond donors (Lipinski definition) is 3. The molecule has 1 aliphatic carbocycles. The number of aryl methyl sites for hydroxylation is 1. The molecule has 100 valence electrons. The van der Waals surface area contributed by atoms with E-state index in [1.807, 2.05) is 19.1 Å². The predicted molar refractivity (Wildman–Crippen MR) is 70.6 cm³/mol. The predicted octanol–water partition coefficient (Wildman–Crippen LogP) is 1.39. The SMILES string of the molecule is [2H]C(O)c1c(C)ccc2c1C(C)(C([2H])O)CC2(C)CO. The summed E-state index contributed by atoms with van der Waals surface area (Å²) in [6, 6.07) is 3.70. The Bertz CT molecular complexity index is 530. The van der Waals surface area contributed by atoms with Gasteiger partial charge in [-0.1, -0.05) is 26.0 Å². The summed E-state index contributed by atoms with van der Waals surface area (Å²) in [5.74, 6) is 0. The van der Waals surface area contributed by atoms with Gasteiger partial charge in [0, 0.05) is 10.8 Å². The summed E-state index contributed by atoms with van der Waals surface area (Å²) in [5, 5.41) is 29.4. The van der Waals surface area contributed by atoms with Gasteiger partial charge in [-0.15, -0.1) is 0 Å². The van der Waals surface area contributed by atoms with E-state index >= 15 is 0 Å². The molecule has 2 rings (SSSR count). The molecule has 4 unspecified atom stereocenters. The summed E-state index contributed by atoms with van der Waals surface area (Å²) in [4.78, 5) is 0. The van der Waals surface area contributed by atoms with Crippen molar-refractivity contribution in [1.82, 2.24) is 0 Å². The lowest BCUT2D eigenvalue weighted by Crippen LogP contribution is -2.30. The third-order valence-corrected chi connectivity index (χ3v) is 4.21. The van der Waals surface area contributed by atoms with E-state index in [0.29, 0.717) is 17.5 Å². The minimum atomic E-state index is -1.41. The van der Waals surface area contributed by atoms with Crippen molar-refractivity contribution in [2.45, 2.75) is 44.6 Å². The zero-order valence-corrected chi connectivity index (χ0v) is 11.1. The summed E-state index contributed by atoms with van der Waals surface area (Å²) in [5.41, 5.74) is 1.23. The van der Waals surface area contributed by atoms with E-state index in [9.17, 15) is 15.3 Å². The Morgan fingerprint density at radius 1 is 1.22 bits per heavy atom. The van der Waals surface area contributed by atoms with E-state index in [1.165, 1.54) is 0 Å². The van der Waals surface area contributed by atoms with E-state index in [0.717, 1.165) is 11.1 Å². The van der Waals surface area contributed by atoms with Crippen LogP contribution in [0.3, 0.4) is 0 Å². The van der Waals surface area contributed by atoms with Crippen molar-refractivity contribution in [3.8, 4) is 0 Å². The highest BCUT2D eigenvalue weighted by Crippen LogP contribution is 2.51. The molecule has 0 saturated carbocycles. The average Bonchev–Trinajstić information content (AvgIpc) is 2.59. The van der Waals surface area contributed by atoms with Crippen LogP contribution in [0.1, 0.15) is 45.3 Å². The normalized spacial score (nSPS) is 35.7. The van der Waals surface area contributed by atoms with E-state index in [1.54, 1.807) is 13.8 Å². The molecule has 0 fully saturated rings. The molecule has 1 aliphatic rings. The number of aliphatic hydroxyl groups is 3. The zero-order chi connectivity index (χ0) is 15.3. The molecular formula is C15H22O3. The maximum atomic E-state index is 9.93. The Morgan fingerprint density at radius 2 is 1.89 bits per heavy atom. The molecule has 3 nitrogen and oxygen atoms in total. The number of aliphatic hydroxyl groups excluding tert-OH is 3. The van der Waals surface area contributed by atoms with Crippen molar-refractivity contribution in [2.75, 3.05) is 13.2 Å². The third kappa shape index (κ3) is 1.69. The Morgan fingerprint density at radius 3 is 2.39 bits per heavy atom. The first-order chi connectivity index (χ1) is 9.17. The van der Waals surface area contributed by atoms with Crippen molar-refractivity contribution in [1.29, 1.82) is 0 Å². The largest absolute Gasteiger partial charge is 0.395 e. The quantitative estimate of drug-likeness (QED) is 0.762. The van der Waals surface area contributed by atoms with Gasteiger partial charge in [0.1, 0.15) is 0 Å². The highest BCUT2D eigenvalue weighted by molar-refractivity contribution is 5.52. The minimum absolute atomic E-state index is 0.0983. The van der Waals surface area contributed by atoms with Crippen LogP contribution in [0, 0.1) is 6.92 Å². The van der Waals surface area contributed by atoms with E-state index in [2.05, 4.69) is 0 Å². The summed E-state index contributed by atoms with van der Waals surface area (Å²) in [7, 11) is 0. The standard InChI is InChI=1S/C15H22O3/c1-10-4-5-12-13(11(10)6-16)15(3,9-18)7-14(12,2)8-17/h4-5,16-18H,6-9H2,1-3H3/i6D,9D. The lowest BCUT2D eigenvalue weighted by Gasteiger charge is -2.27. The summed E-state index contributed by atoms with van der Waals surface area (Å²) < 4.78 is 15.5. The number of hydrogen-bond acceptors (Lipinski definition) is 3. The van der Waals surface area contributed by atoms with E-state index in [4.69, 9.17) is 2.74 Å². The van der Waals surface area contributed by atoms with Gasteiger partial charge in [0.05, 0.1) is 22.5 Å². The van der Waals surface area contributed by atoms with Gasteiger partial charge >= 0.3 is 0 Å². The van der Waals surface area contributed by atoms with Gasteiger partial charge in [0.15, 0.2) is 0 Å². The Hall–Kier alpha value is -0.900. The lowest BCUT2D eigenvalue weighted by atomic mass is 9.79. The van der Waals surface area contributed by atoms with Gasteiger partial charge in [-0.3, -0.25) is 0 Å². The molecule has 3 heteroatoms. The molecule has 0 amide bonds. The first-order valence-electron chi connectivity index (χ1n) is 7.29. The van der Waals surface area contributed by atoms with Gasteiger partial charge in [-0.05, 0) is 35.6 Å². The molecule has 0 saturated heterocycles. The van der Waals surface area contributed by atoms with Crippen LogP contribution in [0.4, 0.5) is 0 Å². The van der Waals surface area contributed by atoms with Crippen LogP contribution in [0.15, 0.2) is 12.1 Å². The van der Waals surface area contributed by atoms with Crippen molar-refractivity contribution >= 4 is 0 Å². The van der Waals surface area contributed by atoms with Crippen LogP contribution < -0.4 is 0 Å². The van der Waals surface area contributed by atoms with Crippen molar-refractivity contribution in [3.63, 3.8) is 0 Å². The van der Waals surface area contributed by atoms with Crippen molar-refractivity contribution in [2.24, 2.45) is 0 Å². The van der Waals surface area contributed by atoms with Crippen molar-refractivity contribution in [3.05, 3.63) is 34.4 Å². The number of benzene rings is 1. The van der Waals surface area contributed by atoms with Gasteiger partial charge in [-0.2, -0.15) is 0 Å². The van der Waals surface area contributed by atoms with Crippen LogP contribution in [0.5, 0.6) is 0 Å². The van der Waals surface area contributed by atoms with Gasteiger partial charge in [-0.25, -0.2) is 0 Å². The van der Waals surface area contributed by atoms with Gasteiger partial charge in [0.2, 0.25) is 0 Å². The topological polar surface area (TPSA) is 60.7 Å². The lowest BCUT2D eigenvalue weighted by molar-refractivity contribution is 0.151. The zero-order valence-electron chi connectivity index (χ0n) is 13.1. The third-order valence-electron chi connectivity index (χ3n) is 4.21. The number of fused-ring (bicyclic) bond motifs is 1. The summed E-state index contributed by atoms with van der Waals surface area (Å²) in [6.07, 6.45) is 0.416. The van der Waals surface area contributed by atoms with E-state index in [-0.39, 0.29) is 6.61 Å². The fraction of sp³-hybridized carbons (Fsp3) is 0.600. The van der Waals surface area contributed by atoms with Crippen LogP contribution in [0.2, 0.25) is 0 Å². The van der Waals surface area contributed by atoms with Crippen LogP contribution >= 0.6 is 0 Å². The molecule has 4 atom stereocenters. The summed E-state index contributed by atoms with van der Waals surface area (Å²) >= 11 is 0. The average molecular weight is 252 g/mol. The Kier molecular flexibility index (Phi) is 2.64. The molecular weight excluding hydrogens is 228 g/mol. The second-order valence-corrected chi connectivity index (χ2v) is 5.79. The molecule has 0 aliphatic heterocycles.